The third-order valence-corrected chi connectivity index (χ3v) is 5.76. The number of thiazole rings is 1. The molecule has 0 bridgehead atoms. The molecule has 27 heavy (non-hydrogen) atoms. The van der Waals surface area contributed by atoms with Crippen LogP contribution in [0.2, 0.25) is 0 Å². The van der Waals surface area contributed by atoms with Crippen molar-refractivity contribution in [1.29, 1.82) is 0 Å². The van der Waals surface area contributed by atoms with Gasteiger partial charge in [0.1, 0.15) is 16.4 Å². The molecule has 1 fully saturated rings. The van der Waals surface area contributed by atoms with E-state index in [1.54, 1.807) is 11.7 Å². The Bertz CT molecular complexity index is 978. The summed E-state index contributed by atoms with van der Waals surface area (Å²) < 4.78 is 0. The largest absolute Gasteiger partial charge is 0.341 e. The van der Waals surface area contributed by atoms with E-state index in [1.165, 1.54) is 11.3 Å². The topological polar surface area (TPSA) is 87.7 Å². The Hall–Kier alpha value is -2.61. The Morgan fingerprint density at radius 1 is 1.22 bits per heavy atom. The monoisotopic (exact) mass is 382 g/mol. The molecular weight excluding hydrogens is 360 g/mol. The van der Waals surface area contributed by atoms with Gasteiger partial charge in [-0.2, -0.15) is 0 Å². The molecule has 0 unspecified atom stereocenters. The zero-order valence-electron chi connectivity index (χ0n) is 15.7. The molecule has 0 spiro atoms. The number of aromatic nitrogens is 5. The van der Waals surface area contributed by atoms with E-state index in [9.17, 15) is 4.79 Å². The fourth-order valence-electron chi connectivity index (χ4n) is 3.55. The van der Waals surface area contributed by atoms with Crippen LogP contribution in [0.1, 0.15) is 57.9 Å². The van der Waals surface area contributed by atoms with E-state index in [4.69, 9.17) is 0 Å². The van der Waals surface area contributed by atoms with E-state index >= 15 is 0 Å². The summed E-state index contributed by atoms with van der Waals surface area (Å²) in [6, 6.07) is 1.91. The first kappa shape index (κ1) is 17.8. The summed E-state index contributed by atoms with van der Waals surface area (Å²) in [7, 11) is 0. The molecule has 4 rings (SSSR count). The molecule has 7 nitrogen and oxygen atoms in total. The molecule has 1 aliphatic heterocycles. The molecule has 1 amide bonds. The van der Waals surface area contributed by atoms with E-state index in [-0.39, 0.29) is 11.9 Å². The number of likely N-dealkylation sites (tertiary alicyclic amines) is 1. The maximum atomic E-state index is 13.1. The van der Waals surface area contributed by atoms with Gasteiger partial charge in [-0.05, 0) is 46.1 Å². The highest BCUT2D eigenvalue weighted by atomic mass is 32.1. The van der Waals surface area contributed by atoms with Crippen LogP contribution < -0.4 is 0 Å². The second-order valence-electron chi connectivity index (χ2n) is 6.92. The number of carbonyl (C=O) groups is 1. The van der Waals surface area contributed by atoms with Gasteiger partial charge in [0, 0.05) is 18.4 Å². The van der Waals surface area contributed by atoms with Crippen LogP contribution in [0.25, 0.3) is 11.5 Å². The van der Waals surface area contributed by atoms with Crippen molar-refractivity contribution in [1.82, 2.24) is 29.8 Å². The van der Waals surface area contributed by atoms with E-state index < -0.39 is 0 Å². The van der Waals surface area contributed by atoms with Crippen LogP contribution in [0.15, 0.2) is 17.8 Å². The van der Waals surface area contributed by atoms with Crippen molar-refractivity contribution < 1.29 is 4.79 Å². The molecule has 0 saturated carbocycles. The van der Waals surface area contributed by atoms with Crippen molar-refractivity contribution in [2.24, 2.45) is 0 Å². The fraction of sp³-hybridized carbons (Fsp3) is 0.421. The molecular formula is C19H22N6OS. The molecule has 4 heterocycles. The molecule has 1 saturated heterocycles. The number of rotatable bonds is 3. The standard InChI is InChI=1S/C19H22N6OS/c1-11-9-20-18(22-11)15-8-14(23-13(3)24-15)16-6-4-5-7-25(16)19(26)17-12(2)21-10-27-17/h8-10,16H,4-7H2,1-3H3,(H,20,22)/t16-/m0/s1. The SMILES string of the molecule is Cc1nc(-c2ncc(C)[nH]2)cc([C@@H]2CCCCN2C(=O)c2scnc2C)n1. The average molecular weight is 382 g/mol. The predicted octanol–water partition coefficient (Wildman–Crippen LogP) is 3.62. The highest BCUT2D eigenvalue weighted by Crippen LogP contribution is 2.33. The number of nitrogens with one attached hydrogen (secondary N) is 1. The summed E-state index contributed by atoms with van der Waals surface area (Å²) >= 11 is 1.40. The van der Waals surface area contributed by atoms with E-state index in [0.717, 1.165) is 59.3 Å². The molecule has 3 aromatic heterocycles. The van der Waals surface area contributed by atoms with Crippen LogP contribution in [0.3, 0.4) is 0 Å². The molecule has 140 valence electrons. The molecule has 1 atom stereocenters. The van der Waals surface area contributed by atoms with Crippen LogP contribution in [0.4, 0.5) is 0 Å². The van der Waals surface area contributed by atoms with Crippen molar-refractivity contribution in [3.8, 4) is 11.5 Å². The number of aryl methyl sites for hydroxylation is 3. The highest BCUT2D eigenvalue weighted by molar-refractivity contribution is 7.11. The normalized spacial score (nSPS) is 17.3. The van der Waals surface area contributed by atoms with Gasteiger partial charge in [-0.3, -0.25) is 4.79 Å². The average Bonchev–Trinajstić information content (AvgIpc) is 3.29. The minimum Gasteiger partial charge on any atom is -0.341 e. The van der Waals surface area contributed by atoms with Crippen LogP contribution >= 0.6 is 11.3 Å². The lowest BCUT2D eigenvalue weighted by Crippen LogP contribution is -2.39. The van der Waals surface area contributed by atoms with Gasteiger partial charge in [0.25, 0.3) is 5.91 Å². The Morgan fingerprint density at radius 3 is 2.78 bits per heavy atom. The zero-order valence-corrected chi connectivity index (χ0v) is 16.5. The molecule has 0 aliphatic carbocycles. The number of H-pyrrole nitrogens is 1. The fourth-order valence-corrected chi connectivity index (χ4v) is 4.30. The van der Waals surface area contributed by atoms with Gasteiger partial charge in [-0.15, -0.1) is 11.3 Å². The smallest absolute Gasteiger partial charge is 0.266 e. The molecule has 3 aromatic rings. The van der Waals surface area contributed by atoms with Crippen molar-refractivity contribution in [3.63, 3.8) is 0 Å². The predicted molar refractivity (Wildman–Crippen MR) is 104 cm³/mol. The van der Waals surface area contributed by atoms with Gasteiger partial charge in [-0.1, -0.05) is 0 Å². The van der Waals surface area contributed by atoms with Gasteiger partial charge in [0.05, 0.1) is 22.9 Å². The lowest BCUT2D eigenvalue weighted by atomic mass is 9.98. The van der Waals surface area contributed by atoms with Gasteiger partial charge in [0.15, 0.2) is 5.82 Å². The van der Waals surface area contributed by atoms with Crippen molar-refractivity contribution >= 4 is 17.2 Å². The number of aromatic amines is 1. The van der Waals surface area contributed by atoms with Crippen LogP contribution in [0.5, 0.6) is 0 Å². The van der Waals surface area contributed by atoms with Crippen LogP contribution in [-0.4, -0.2) is 42.3 Å². The van der Waals surface area contributed by atoms with Crippen molar-refractivity contribution in [2.45, 2.75) is 46.1 Å². The Labute approximate surface area is 161 Å². The summed E-state index contributed by atoms with van der Waals surface area (Å²) in [6.07, 6.45) is 4.77. The number of piperidine rings is 1. The third kappa shape index (κ3) is 3.49. The van der Waals surface area contributed by atoms with Crippen molar-refractivity contribution in [3.05, 3.63) is 45.6 Å². The second-order valence-corrected chi connectivity index (χ2v) is 7.77. The third-order valence-electron chi connectivity index (χ3n) is 4.85. The minimum absolute atomic E-state index is 0.0476. The number of nitrogens with zero attached hydrogens (tertiary/aromatic N) is 5. The quantitative estimate of drug-likeness (QED) is 0.747. The number of hydrogen-bond donors (Lipinski definition) is 1. The Balaban J connectivity index is 1.71. The first-order valence-corrected chi connectivity index (χ1v) is 9.99. The van der Waals surface area contributed by atoms with E-state index in [0.29, 0.717) is 5.82 Å². The lowest BCUT2D eigenvalue weighted by molar-refractivity contribution is 0.0609. The van der Waals surface area contributed by atoms with Gasteiger partial charge >= 0.3 is 0 Å². The minimum atomic E-state index is -0.0516. The zero-order chi connectivity index (χ0) is 19.0. The second kappa shape index (κ2) is 7.19. The van der Waals surface area contributed by atoms with E-state index in [1.807, 2.05) is 31.7 Å². The molecule has 0 radical (unpaired) electrons. The number of imidazole rings is 1. The maximum Gasteiger partial charge on any atom is 0.266 e. The van der Waals surface area contributed by atoms with Gasteiger partial charge < -0.3 is 9.88 Å². The lowest BCUT2D eigenvalue weighted by Gasteiger charge is -2.35. The molecule has 8 heteroatoms. The van der Waals surface area contributed by atoms with Crippen LogP contribution in [-0.2, 0) is 0 Å². The summed E-state index contributed by atoms with van der Waals surface area (Å²) in [5.41, 5.74) is 5.14. The number of carbonyl (C=O) groups excluding carboxylic acids is 1. The summed E-state index contributed by atoms with van der Waals surface area (Å²) in [5, 5.41) is 0. The van der Waals surface area contributed by atoms with Gasteiger partial charge in [0.2, 0.25) is 0 Å². The van der Waals surface area contributed by atoms with Crippen LogP contribution in [0, 0.1) is 20.8 Å². The first-order chi connectivity index (χ1) is 13.0. The molecule has 1 aliphatic rings. The Morgan fingerprint density at radius 2 is 2.07 bits per heavy atom. The summed E-state index contributed by atoms with van der Waals surface area (Å²) in [6.45, 7) is 6.46. The molecule has 1 N–H and O–H groups in total. The number of hydrogen-bond acceptors (Lipinski definition) is 6. The maximum absolute atomic E-state index is 13.1. The first-order valence-electron chi connectivity index (χ1n) is 9.11. The van der Waals surface area contributed by atoms with Gasteiger partial charge in [-0.25, -0.2) is 19.9 Å². The summed E-state index contributed by atoms with van der Waals surface area (Å²) in [5.74, 6) is 1.46. The molecule has 0 aromatic carbocycles. The summed E-state index contributed by atoms with van der Waals surface area (Å²) in [4.78, 5) is 36.9. The van der Waals surface area contributed by atoms with E-state index in [2.05, 4.69) is 24.9 Å². The van der Waals surface area contributed by atoms with Crippen molar-refractivity contribution in [2.75, 3.05) is 6.54 Å². The Kier molecular flexibility index (Phi) is 4.73. The highest BCUT2D eigenvalue weighted by Gasteiger charge is 2.31. The number of amides is 1.